The minimum Gasteiger partial charge on any atom is -0.494 e. The molecule has 7 heteroatoms. The van der Waals surface area contributed by atoms with Crippen molar-refractivity contribution >= 4 is 11.7 Å². The lowest BCUT2D eigenvalue weighted by molar-refractivity contribution is -0.135. The summed E-state index contributed by atoms with van der Waals surface area (Å²) in [6.45, 7) is 5.05. The highest BCUT2D eigenvalue weighted by Gasteiger charge is 2.21. The Labute approximate surface area is 176 Å². The summed E-state index contributed by atoms with van der Waals surface area (Å²) in [4.78, 5) is 28.1. The second kappa shape index (κ2) is 10.2. The molecule has 1 aliphatic rings. The van der Waals surface area contributed by atoms with Gasteiger partial charge in [-0.05, 0) is 42.0 Å². The van der Waals surface area contributed by atoms with E-state index in [1.807, 2.05) is 13.0 Å². The van der Waals surface area contributed by atoms with Crippen LogP contribution in [0, 0.1) is 5.82 Å². The Balaban J connectivity index is 1.43. The van der Waals surface area contributed by atoms with Crippen LogP contribution in [0.2, 0.25) is 0 Å². The largest absolute Gasteiger partial charge is 0.494 e. The van der Waals surface area contributed by atoms with Crippen LogP contribution in [-0.4, -0.2) is 61.4 Å². The Morgan fingerprint density at radius 3 is 2.33 bits per heavy atom. The first-order valence-corrected chi connectivity index (χ1v) is 10.1. The summed E-state index contributed by atoms with van der Waals surface area (Å²) in [6, 6.07) is 11.8. The van der Waals surface area contributed by atoms with Crippen molar-refractivity contribution in [2.75, 3.05) is 39.9 Å². The average molecular weight is 414 g/mol. The summed E-state index contributed by atoms with van der Waals surface area (Å²) in [5, 5.41) is 0. The van der Waals surface area contributed by atoms with Crippen molar-refractivity contribution in [1.29, 1.82) is 0 Å². The molecule has 0 N–H and O–H groups in total. The minimum absolute atomic E-state index is 0.0369. The van der Waals surface area contributed by atoms with Gasteiger partial charge in [0, 0.05) is 44.7 Å². The molecule has 0 atom stereocenters. The second-order valence-electron chi connectivity index (χ2n) is 7.22. The molecule has 1 aliphatic heterocycles. The van der Waals surface area contributed by atoms with E-state index in [1.165, 1.54) is 13.2 Å². The highest BCUT2D eigenvalue weighted by atomic mass is 19.1. The van der Waals surface area contributed by atoms with E-state index in [4.69, 9.17) is 9.47 Å². The number of methoxy groups -OCH3 is 1. The van der Waals surface area contributed by atoms with Gasteiger partial charge in [-0.15, -0.1) is 0 Å². The predicted molar refractivity (Wildman–Crippen MR) is 111 cm³/mol. The Morgan fingerprint density at radius 1 is 1.03 bits per heavy atom. The van der Waals surface area contributed by atoms with Crippen LogP contribution in [0.4, 0.5) is 4.39 Å². The number of benzene rings is 2. The van der Waals surface area contributed by atoms with Gasteiger partial charge in [-0.3, -0.25) is 14.5 Å². The Hall–Kier alpha value is -2.93. The highest BCUT2D eigenvalue weighted by Crippen LogP contribution is 2.19. The van der Waals surface area contributed by atoms with E-state index in [9.17, 15) is 14.0 Å². The Bertz CT molecular complexity index is 877. The molecule has 0 aliphatic carbocycles. The fraction of sp³-hybridized carbons (Fsp3) is 0.391. The lowest BCUT2D eigenvalue weighted by atomic mass is 10.1. The molecule has 6 nitrogen and oxygen atoms in total. The molecule has 1 fully saturated rings. The number of carbonyl (C=O) groups is 2. The van der Waals surface area contributed by atoms with Gasteiger partial charge in [-0.2, -0.15) is 0 Å². The molecule has 0 unspecified atom stereocenters. The van der Waals surface area contributed by atoms with Gasteiger partial charge in [0.2, 0.25) is 0 Å². The van der Waals surface area contributed by atoms with Crippen molar-refractivity contribution in [3.8, 4) is 11.5 Å². The average Bonchev–Trinajstić information content (AvgIpc) is 2.78. The molecular formula is C23H27FN2O4. The molecule has 3 rings (SSSR count). The van der Waals surface area contributed by atoms with Crippen LogP contribution in [0.1, 0.15) is 29.3 Å². The first-order chi connectivity index (χ1) is 14.5. The maximum absolute atomic E-state index is 13.8. The molecule has 1 saturated heterocycles. The molecule has 30 heavy (non-hydrogen) atoms. The third-order valence-electron chi connectivity index (χ3n) is 5.21. The number of hydrogen-bond donors (Lipinski definition) is 0. The number of rotatable bonds is 8. The van der Waals surface area contributed by atoms with Crippen molar-refractivity contribution < 1.29 is 23.5 Å². The van der Waals surface area contributed by atoms with Gasteiger partial charge < -0.3 is 14.4 Å². The molecule has 1 heterocycles. The number of nitrogens with zero attached hydrogens (tertiary/aromatic N) is 2. The lowest BCUT2D eigenvalue weighted by Gasteiger charge is -2.34. The zero-order valence-electron chi connectivity index (χ0n) is 17.4. The monoisotopic (exact) mass is 414 g/mol. The molecular weight excluding hydrogens is 387 g/mol. The zero-order chi connectivity index (χ0) is 21.5. The summed E-state index contributed by atoms with van der Waals surface area (Å²) in [7, 11) is 1.44. The van der Waals surface area contributed by atoms with E-state index in [1.54, 1.807) is 35.2 Å². The van der Waals surface area contributed by atoms with Gasteiger partial charge in [-0.1, -0.05) is 13.0 Å². The molecule has 0 spiro atoms. The predicted octanol–water partition coefficient (Wildman–Crippen LogP) is 3.15. The smallest absolute Gasteiger partial charge is 0.260 e. The minimum atomic E-state index is -0.368. The highest BCUT2D eigenvalue weighted by molar-refractivity contribution is 5.95. The van der Waals surface area contributed by atoms with Crippen LogP contribution in [0.15, 0.2) is 42.5 Å². The number of hydrogen-bond acceptors (Lipinski definition) is 5. The maximum atomic E-state index is 13.8. The first-order valence-electron chi connectivity index (χ1n) is 10.1. The van der Waals surface area contributed by atoms with E-state index in [0.29, 0.717) is 50.5 Å². The van der Waals surface area contributed by atoms with E-state index in [-0.39, 0.29) is 29.9 Å². The number of halogens is 1. The molecule has 0 aromatic heterocycles. The van der Waals surface area contributed by atoms with Crippen LogP contribution in [0.5, 0.6) is 11.5 Å². The number of ketones is 1. The Kier molecular flexibility index (Phi) is 7.41. The van der Waals surface area contributed by atoms with Crippen molar-refractivity contribution in [3.05, 3.63) is 59.4 Å². The van der Waals surface area contributed by atoms with E-state index in [0.717, 1.165) is 5.56 Å². The van der Waals surface area contributed by atoms with Gasteiger partial charge in [0.05, 0.1) is 7.11 Å². The van der Waals surface area contributed by atoms with Crippen LogP contribution in [-0.2, 0) is 11.3 Å². The molecule has 2 aromatic carbocycles. The normalized spacial score (nSPS) is 14.4. The molecule has 2 aromatic rings. The lowest BCUT2D eigenvalue weighted by Crippen LogP contribution is -2.49. The topological polar surface area (TPSA) is 59.1 Å². The molecule has 0 saturated carbocycles. The molecule has 1 amide bonds. The first kappa shape index (κ1) is 21.8. The number of amides is 1. The third kappa shape index (κ3) is 5.57. The zero-order valence-corrected chi connectivity index (χ0v) is 17.4. The summed E-state index contributed by atoms with van der Waals surface area (Å²) in [5.41, 5.74) is 1.52. The quantitative estimate of drug-likeness (QED) is 0.621. The fourth-order valence-electron chi connectivity index (χ4n) is 3.40. The van der Waals surface area contributed by atoms with Gasteiger partial charge in [0.15, 0.2) is 24.0 Å². The van der Waals surface area contributed by atoms with Crippen LogP contribution in [0.3, 0.4) is 0 Å². The summed E-state index contributed by atoms with van der Waals surface area (Å²) in [6.07, 6.45) is 0.456. The van der Waals surface area contributed by atoms with Gasteiger partial charge in [0.25, 0.3) is 5.91 Å². The SMILES string of the molecule is CCC(=O)c1ccc(OCC(=O)N2CCN(Cc3ccc(OC)c(F)c3)CC2)cc1. The van der Waals surface area contributed by atoms with E-state index in [2.05, 4.69) is 4.90 Å². The Morgan fingerprint density at radius 2 is 1.73 bits per heavy atom. The number of ether oxygens (including phenoxy) is 2. The summed E-state index contributed by atoms with van der Waals surface area (Å²) < 4.78 is 24.4. The van der Waals surface area contributed by atoms with Gasteiger partial charge in [-0.25, -0.2) is 4.39 Å². The van der Waals surface area contributed by atoms with Gasteiger partial charge in [0.1, 0.15) is 5.75 Å². The maximum Gasteiger partial charge on any atom is 0.260 e. The summed E-state index contributed by atoms with van der Waals surface area (Å²) >= 11 is 0. The van der Waals surface area contributed by atoms with Crippen molar-refractivity contribution in [1.82, 2.24) is 9.80 Å². The molecule has 0 radical (unpaired) electrons. The number of Topliss-reactive ketones (excluding diaryl/α,β-unsaturated/α-hetero) is 1. The fourth-order valence-corrected chi connectivity index (χ4v) is 3.40. The molecule has 160 valence electrons. The third-order valence-corrected chi connectivity index (χ3v) is 5.21. The molecule has 0 bridgehead atoms. The van der Waals surface area contributed by atoms with E-state index >= 15 is 0 Å². The van der Waals surface area contributed by atoms with Crippen molar-refractivity contribution in [3.63, 3.8) is 0 Å². The van der Waals surface area contributed by atoms with Crippen LogP contribution >= 0.6 is 0 Å². The summed E-state index contributed by atoms with van der Waals surface area (Å²) in [5.74, 6) is 0.441. The van der Waals surface area contributed by atoms with Crippen LogP contribution < -0.4 is 9.47 Å². The number of piperazine rings is 1. The second-order valence-corrected chi connectivity index (χ2v) is 7.22. The van der Waals surface area contributed by atoms with Crippen molar-refractivity contribution in [2.24, 2.45) is 0 Å². The number of carbonyl (C=O) groups excluding carboxylic acids is 2. The van der Waals surface area contributed by atoms with Crippen molar-refractivity contribution in [2.45, 2.75) is 19.9 Å². The standard InChI is InChI=1S/C23H27FN2O4/c1-3-21(27)18-5-7-19(8-6-18)30-16-23(28)26-12-10-25(11-13-26)15-17-4-9-22(29-2)20(24)14-17/h4-9,14H,3,10-13,15-16H2,1-2H3. The van der Waals surface area contributed by atoms with Crippen LogP contribution in [0.25, 0.3) is 0 Å². The van der Waals surface area contributed by atoms with Gasteiger partial charge >= 0.3 is 0 Å². The van der Waals surface area contributed by atoms with E-state index < -0.39 is 0 Å².